The number of ether oxygens (including phenoxy) is 1. The van der Waals surface area contributed by atoms with Gasteiger partial charge in [0.1, 0.15) is 6.10 Å². The molecule has 1 amide bonds. The largest absolute Gasteiger partial charge is 0.462 e. The van der Waals surface area contributed by atoms with E-state index >= 15 is 0 Å². The molecule has 0 rings (SSSR count). The van der Waals surface area contributed by atoms with Crippen molar-refractivity contribution in [1.82, 2.24) is 5.32 Å². The monoisotopic (exact) mass is 734 g/mol. The van der Waals surface area contributed by atoms with Crippen LogP contribution in [0.4, 0.5) is 0 Å². The second-order valence-electron chi connectivity index (χ2n) is 15.4. The number of carbonyl (C=O) groups excluding carboxylic acids is 2. The summed E-state index contributed by atoms with van der Waals surface area (Å²) in [5, 5.41) is 23.5. The van der Waals surface area contributed by atoms with Gasteiger partial charge < -0.3 is 20.3 Å². The van der Waals surface area contributed by atoms with Crippen LogP contribution in [0.1, 0.15) is 233 Å². The molecule has 6 nitrogen and oxygen atoms in total. The van der Waals surface area contributed by atoms with Gasteiger partial charge in [-0.1, -0.05) is 173 Å². The molecule has 0 aliphatic carbocycles. The topological polar surface area (TPSA) is 95.9 Å². The highest BCUT2D eigenvalue weighted by Gasteiger charge is 2.24. The zero-order valence-corrected chi connectivity index (χ0v) is 34.7. The summed E-state index contributed by atoms with van der Waals surface area (Å²) in [5.41, 5.74) is 0. The number of amides is 1. The van der Waals surface area contributed by atoms with E-state index in [9.17, 15) is 19.8 Å². The lowest BCUT2D eigenvalue weighted by Crippen LogP contribution is -2.46. The molecule has 0 saturated heterocycles. The molecule has 0 aromatic rings. The van der Waals surface area contributed by atoms with Crippen LogP contribution in [0.15, 0.2) is 24.3 Å². The smallest absolute Gasteiger partial charge is 0.306 e. The number of aliphatic hydroxyl groups excluding tert-OH is 2. The van der Waals surface area contributed by atoms with Gasteiger partial charge in [-0.15, -0.1) is 0 Å². The summed E-state index contributed by atoms with van der Waals surface area (Å²) in [5.74, 6) is -0.507. The zero-order valence-electron chi connectivity index (χ0n) is 34.7. The first kappa shape index (κ1) is 50.3. The van der Waals surface area contributed by atoms with Crippen molar-refractivity contribution in [3.05, 3.63) is 24.3 Å². The second kappa shape index (κ2) is 40.5. The minimum absolute atomic E-state index is 0.0632. The van der Waals surface area contributed by atoms with Gasteiger partial charge in [-0.3, -0.25) is 9.59 Å². The van der Waals surface area contributed by atoms with E-state index in [0.29, 0.717) is 19.3 Å². The quantitative estimate of drug-likeness (QED) is 0.0331. The molecular weight excluding hydrogens is 647 g/mol. The van der Waals surface area contributed by atoms with Crippen molar-refractivity contribution in [1.29, 1.82) is 0 Å². The molecule has 0 aliphatic rings. The lowest BCUT2D eigenvalue weighted by Gasteiger charge is -2.24. The fourth-order valence-electron chi connectivity index (χ4n) is 6.76. The molecule has 0 heterocycles. The van der Waals surface area contributed by atoms with E-state index in [-0.39, 0.29) is 24.9 Å². The molecule has 0 aromatic heterocycles. The lowest BCUT2D eigenvalue weighted by molar-refractivity contribution is -0.151. The van der Waals surface area contributed by atoms with Crippen LogP contribution in [-0.2, 0) is 14.3 Å². The third-order valence-electron chi connectivity index (χ3n) is 10.3. The second-order valence-corrected chi connectivity index (χ2v) is 15.4. The summed E-state index contributed by atoms with van der Waals surface area (Å²) >= 11 is 0. The molecule has 0 bridgehead atoms. The van der Waals surface area contributed by atoms with Gasteiger partial charge in [0.15, 0.2) is 0 Å². The van der Waals surface area contributed by atoms with Gasteiger partial charge in [0.2, 0.25) is 5.91 Å². The highest BCUT2D eigenvalue weighted by Crippen LogP contribution is 2.17. The van der Waals surface area contributed by atoms with Crippen LogP contribution in [0.25, 0.3) is 0 Å². The first-order chi connectivity index (χ1) is 25.5. The van der Waals surface area contributed by atoms with Crippen LogP contribution in [0.2, 0.25) is 0 Å². The van der Waals surface area contributed by atoms with Crippen molar-refractivity contribution >= 4 is 11.9 Å². The average Bonchev–Trinajstić information content (AvgIpc) is 3.13. The van der Waals surface area contributed by atoms with Crippen molar-refractivity contribution in [2.45, 2.75) is 251 Å². The summed E-state index contributed by atoms with van der Waals surface area (Å²) in [7, 11) is 0. The van der Waals surface area contributed by atoms with Gasteiger partial charge in [0, 0.05) is 6.42 Å². The Balaban J connectivity index is 4.56. The van der Waals surface area contributed by atoms with Crippen molar-refractivity contribution < 1.29 is 24.5 Å². The van der Waals surface area contributed by atoms with Gasteiger partial charge >= 0.3 is 5.97 Å². The van der Waals surface area contributed by atoms with Crippen molar-refractivity contribution in [3.8, 4) is 0 Å². The molecule has 52 heavy (non-hydrogen) atoms. The number of esters is 1. The lowest BCUT2D eigenvalue weighted by atomic mass is 10.0. The van der Waals surface area contributed by atoms with Crippen molar-refractivity contribution in [2.75, 3.05) is 6.61 Å². The number of rotatable bonds is 40. The molecule has 306 valence electrons. The highest BCUT2D eigenvalue weighted by atomic mass is 16.5. The summed E-state index contributed by atoms with van der Waals surface area (Å²) in [6.07, 6.45) is 43.8. The fourth-order valence-corrected chi connectivity index (χ4v) is 6.76. The van der Waals surface area contributed by atoms with E-state index < -0.39 is 18.2 Å². The average molecular weight is 734 g/mol. The van der Waals surface area contributed by atoms with Crippen LogP contribution in [0.3, 0.4) is 0 Å². The van der Waals surface area contributed by atoms with Crippen LogP contribution >= 0.6 is 0 Å². The predicted octanol–water partition coefficient (Wildman–Crippen LogP) is 12.8. The minimum atomic E-state index is -0.787. The van der Waals surface area contributed by atoms with Crippen molar-refractivity contribution in [2.24, 2.45) is 0 Å². The predicted molar refractivity (Wildman–Crippen MR) is 223 cm³/mol. The number of aliphatic hydroxyl groups is 2. The van der Waals surface area contributed by atoms with E-state index in [0.717, 1.165) is 77.0 Å². The molecule has 0 aromatic carbocycles. The van der Waals surface area contributed by atoms with E-state index in [1.54, 1.807) is 0 Å². The number of carbonyl (C=O) groups is 2. The molecule has 6 heteroatoms. The standard InChI is InChI=1S/C46H87NO5/c1-4-7-10-13-16-19-21-22-23-24-27-30-33-36-39-46(51)52-42(37-34-31-28-25-18-15-12-9-6-3)40-45(50)47-43(41-48)44(49)38-35-32-29-26-20-17-14-11-8-5-2/h15,18,23-24,42-44,48-49H,4-14,16-17,19-22,25-41H2,1-3H3,(H,47,50)/b18-15-,24-23-. The number of allylic oxidation sites excluding steroid dienone is 4. The Bertz CT molecular complexity index is 828. The van der Waals surface area contributed by atoms with Crippen LogP contribution in [0.5, 0.6) is 0 Å². The molecule has 3 atom stereocenters. The SMILES string of the molecule is CCCC/C=C\CCCCCC(CC(=O)NC(CO)C(O)CCCCCCCCCCCC)OC(=O)CCCCC/C=C\CCCCCCCCC. The maximum atomic E-state index is 13.1. The van der Waals surface area contributed by atoms with Crippen molar-refractivity contribution in [3.63, 3.8) is 0 Å². The first-order valence-electron chi connectivity index (χ1n) is 22.6. The molecule has 0 radical (unpaired) electrons. The van der Waals surface area contributed by atoms with E-state index in [2.05, 4.69) is 50.4 Å². The van der Waals surface area contributed by atoms with Gasteiger partial charge in [0.05, 0.1) is 25.2 Å². The maximum Gasteiger partial charge on any atom is 0.306 e. The number of nitrogens with one attached hydrogen (secondary N) is 1. The number of hydrogen-bond donors (Lipinski definition) is 3. The molecule has 0 spiro atoms. The van der Waals surface area contributed by atoms with Crippen LogP contribution in [-0.4, -0.2) is 46.9 Å². The Kier molecular flexibility index (Phi) is 39.2. The Morgan fingerprint density at radius 1 is 0.538 bits per heavy atom. The molecule has 3 unspecified atom stereocenters. The zero-order chi connectivity index (χ0) is 38.2. The van der Waals surface area contributed by atoms with Crippen LogP contribution < -0.4 is 5.32 Å². The van der Waals surface area contributed by atoms with Gasteiger partial charge in [0.25, 0.3) is 0 Å². The molecule has 0 fully saturated rings. The Morgan fingerprint density at radius 3 is 1.44 bits per heavy atom. The fraction of sp³-hybridized carbons (Fsp3) is 0.870. The number of unbranched alkanes of at least 4 members (excludes halogenated alkanes) is 24. The number of hydrogen-bond acceptors (Lipinski definition) is 5. The Labute approximate surface area is 322 Å². The van der Waals surface area contributed by atoms with Gasteiger partial charge in [-0.05, 0) is 70.6 Å². The Hall–Kier alpha value is -1.66. The minimum Gasteiger partial charge on any atom is -0.462 e. The highest BCUT2D eigenvalue weighted by molar-refractivity contribution is 5.77. The third-order valence-corrected chi connectivity index (χ3v) is 10.3. The summed E-state index contributed by atoms with van der Waals surface area (Å²) in [4.78, 5) is 25.9. The molecular formula is C46H87NO5. The summed E-state index contributed by atoms with van der Waals surface area (Å²) in [6, 6.07) is -0.702. The first-order valence-corrected chi connectivity index (χ1v) is 22.6. The van der Waals surface area contributed by atoms with E-state index in [1.165, 1.54) is 109 Å². The summed E-state index contributed by atoms with van der Waals surface area (Å²) < 4.78 is 5.87. The van der Waals surface area contributed by atoms with Crippen LogP contribution in [0, 0.1) is 0 Å². The molecule has 0 aliphatic heterocycles. The molecule has 3 N–H and O–H groups in total. The van der Waals surface area contributed by atoms with E-state index in [4.69, 9.17) is 4.74 Å². The van der Waals surface area contributed by atoms with Gasteiger partial charge in [-0.25, -0.2) is 0 Å². The molecule has 0 saturated carbocycles. The van der Waals surface area contributed by atoms with E-state index in [1.807, 2.05) is 0 Å². The third kappa shape index (κ3) is 35.4. The normalized spacial score (nSPS) is 13.6. The summed E-state index contributed by atoms with van der Waals surface area (Å²) in [6.45, 7) is 6.40. The maximum absolute atomic E-state index is 13.1. The Morgan fingerprint density at radius 2 is 0.942 bits per heavy atom. The van der Waals surface area contributed by atoms with Gasteiger partial charge in [-0.2, -0.15) is 0 Å².